The quantitative estimate of drug-likeness (QED) is 0.149. The summed E-state index contributed by atoms with van der Waals surface area (Å²) in [6.07, 6.45) is 0. The first kappa shape index (κ1) is 24.5. The lowest BCUT2D eigenvalue weighted by atomic mass is 9.85. The first-order chi connectivity index (χ1) is 22.3. The molecule has 0 atom stereocenters. The molecule has 1 heteroatoms. The molecule has 10 rings (SSSR count). The van der Waals surface area contributed by atoms with Crippen LogP contribution >= 0.6 is 0 Å². The van der Waals surface area contributed by atoms with Gasteiger partial charge in [-0.25, -0.2) is 0 Å². The van der Waals surface area contributed by atoms with Crippen LogP contribution < -0.4 is 0 Å². The first-order valence-corrected chi connectivity index (χ1v) is 15.5. The zero-order valence-electron chi connectivity index (χ0n) is 24.4. The van der Waals surface area contributed by atoms with Gasteiger partial charge in [0.15, 0.2) is 0 Å². The smallest absolute Gasteiger partial charge is 0.143 e. The lowest BCUT2D eigenvalue weighted by Crippen LogP contribution is -1.91. The normalized spacial score (nSPS) is 12.0. The van der Waals surface area contributed by atoms with Gasteiger partial charge < -0.3 is 4.42 Å². The highest BCUT2D eigenvalue weighted by atomic mass is 16.3. The first-order valence-electron chi connectivity index (χ1n) is 15.5. The van der Waals surface area contributed by atoms with Crippen LogP contribution in [0.25, 0.3) is 98.1 Å². The van der Waals surface area contributed by atoms with Gasteiger partial charge in [0.25, 0.3) is 0 Å². The van der Waals surface area contributed by atoms with Gasteiger partial charge in [0.05, 0.1) is 0 Å². The van der Waals surface area contributed by atoms with Crippen LogP contribution in [0.1, 0.15) is 0 Å². The monoisotopic (exact) mass is 570 g/mol. The Kier molecular flexibility index (Phi) is 5.06. The molecule has 9 aromatic carbocycles. The van der Waals surface area contributed by atoms with Gasteiger partial charge in [0.2, 0.25) is 0 Å². The maximum atomic E-state index is 6.47. The van der Waals surface area contributed by atoms with Gasteiger partial charge in [-0.1, -0.05) is 133 Å². The molecule has 0 aliphatic carbocycles. The molecule has 10 aromatic rings. The van der Waals surface area contributed by atoms with E-state index in [1.54, 1.807) is 0 Å². The van der Waals surface area contributed by atoms with Crippen LogP contribution in [0.3, 0.4) is 0 Å². The van der Waals surface area contributed by atoms with Gasteiger partial charge in [-0.15, -0.1) is 0 Å². The van der Waals surface area contributed by atoms with Crippen molar-refractivity contribution in [3.8, 4) is 22.3 Å². The van der Waals surface area contributed by atoms with Crippen molar-refractivity contribution in [2.24, 2.45) is 0 Å². The molecule has 0 spiro atoms. The zero-order chi connectivity index (χ0) is 29.5. The summed E-state index contributed by atoms with van der Waals surface area (Å²) in [5.41, 5.74) is 6.84. The van der Waals surface area contributed by atoms with E-state index in [4.69, 9.17) is 4.42 Å². The lowest BCUT2D eigenvalue weighted by molar-refractivity contribution is 0.672. The van der Waals surface area contributed by atoms with Gasteiger partial charge in [-0.2, -0.15) is 0 Å². The minimum absolute atomic E-state index is 0.916. The zero-order valence-corrected chi connectivity index (χ0v) is 24.4. The maximum Gasteiger partial charge on any atom is 0.143 e. The minimum atomic E-state index is 0.916. The summed E-state index contributed by atoms with van der Waals surface area (Å²) in [6, 6.07) is 57.4. The van der Waals surface area contributed by atoms with E-state index in [1.165, 1.54) is 70.7 Å². The second-order valence-corrected chi connectivity index (χ2v) is 12.0. The molecule has 0 aliphatic rings. The molecule has 1 heterocycles. The Morgan fingerprint density at radius 1 is 0.289 bits per heavy atom. The van der Waals surface area contributed by atoms with Crippen molar-refractivity contribution in [1.29, 1.82) is 0 Å². The molecule has 1 nitrogen and oxygen atoms in total. The summed E-state index contributed by atoms with van der Waals surface area (Å²) < 4.78 is 6.47. The van der Waals surface area contributed by atoms with Gasteiger partial charge >= 0.3 is 0 Å². The molecule has 0 saturated carbocycles. The molecule has 0 saturated heterocycles. The molecule has 45 heavy (non-hydrogen) atoms. The SMILES string of the molecule is c1ccc2c(c1)ccc1cc(-c3c4ccccc4c(-c4ccc5oc6c7ccccc7ccc6c5c4)c4ccccc34)ccc12. The van der Waals surface area contributed by atoms with Gasteiger partial charge in [0.1, 0.15) is 11.2 Å². The van der Waals surface area contributed by atoms with E-state index >= 15 is 0 Å². The summed E-state index contributed by atoms with van der Waals surface area (Å²) in [7, 11) is 0. The molecular weight excluding hydrogens is 544 g/mol. The van der Waals surface area contributed by atoms with Crippen LogP contribution in [0, 0.1) is 0 Å². The van der Waals surface area contributed by atoms with E-state index in [9.17, 15) is 0 Å². The van der Waals surface area contributed by atoms with Crippen molar-refractivity contribution in [2.75, 3.05) is 0 Å². The highest BCUT2D eigenvalue weighted by molar-refractivity contribution is 6.23. The topological polar surface area (TPSA) is 13.1 Å². The van der Waals surface area contributed by atoms with E-state index in [-0.39, 0.29) is 0 Å². The van der Waals surface area contributed by atoms with E-state index in [1.807, 2.05) is 0 Å². The van der Waals surface area contributed by atoms with Gasteiger partial charge in [-0.3, -0.25) is 0 Å². The van der Waals surface area contributed by atoms with Gasteiger partial charge in [0, 0.05) is 16.2 Å². The van der Waals surface area contributed by atoms with E-state index in [2.05, 4.69) is 158 Å². The summed E-state index contributed by atoms with van der Waals surface area (Å²) in [5.74, 6) is 0. The van der Waals surface area contributed by atoms with Crippen LogP contribution in [-0.2, 0) is 0 Å². The fourth-order valence-corrected chi connectivity index (χ4v) is 7.58. The number of fused-ring (bicyclic) bond motifs is 10. The summed E-state index contributed by atoms with van der Waals surface area (Å²) in [5, 5.41) is 14.8. The number of rotatable bonds is 2. The third kappa shape index (κ3) is 3.56. The van der Waals surface area contributed by atoms with Crippen LogP contribution in [0.5, 0.6) is 0 Å². The van der Waals surface area contributed by atoms with Crippen molar-refractivity contribution in [1.82, 2.24) is 0 Å². The number of hydrogen-bond acceptors (Lipinski definition) is 1. The van der Waals surface area contributed by atoms with Crippen LogP contribution in [-0.4, -0.2) is 0 Å². The number of furan rings is 1. The maximum absolute atomic E-state index is 6.47. The molecule has 0 fully saturated rings. The Morgan fingerprint density at radius 3 is 1.44 bits per heavy atom. The van der Waals surface area contributed by atoms with Crippen LogP contribution in [0.4, 0.5) is 0 Å². The Hall–Kier alpha value is -5.92. The average molecular weight is 571 g/mol. The Balaban J connectivity index is 1.25. The van der Waals surface area contributed by atoms with Crippen molar-refractivity contribution >= 4 is 75.8 Å². The predicted molar refractivity (Wildman–Crippen MR) is 192 cm³/mol. The number of hydrogen-bond donors (Lipinski definition) is 0. The van der Waals surface area contributed by atoms with Gasteiger partial charge in [-0.05, 0) is 95.0 Å². The Labute approximate surface area is 259 Å². The molecule has 208 valence electrons. The third-order valence-corrected chi connectivity index (χ3v) is 9.62. The van der Waals surface area contributed by atoms with Crippen molar-refractivity contribution in [3.63, 3.8) is 0 Å². The fourth-order valence-electron chi connectivity index (χ4n) is 7.58. The average Bonchev–Trinajstić information content (AvgIpc) is 3.49. The minimum Gasteiger partial charge on any atom is -0.455 e. The highest BCUT2D eigenvalue weighted by Gasteiger charge is 2.18. The summed E-state index contributed by atoms with van der Waals surface area (Å²) in [4.78, 5) is 0. The second kappa shape index (κ2) is 9.29. The predicted octanol–water partition coefficient (Wildman–Crippen LogP) is 12.7. The molecule has 0 radical (unpaired) electrons. The van der Waals surface area contributed by atoms with Crippen LogP contribution in [0.2, 0.25) is 0 Å². The highest BCUT2D eigenvalue weighted by Crippen LogP contribution is 2.45. The second-order valence-electron chi connectivity index (χ2n) is 12.0. The van der Waals surface area contributed by atoms with E-state index < -0.39 is 0 Å². The molecule has 1 aromatic heterocycles. The molecule has 0 amide bonds. The standard InChI is InChI=1S/C44H26O/c1-3-11-32-27(9-1)17-18-29-25-30(20-22-33(29)32)42-35-13-5-7-15-37(35)43(38-16-8-6-14-36(38)42)31-21-24-41-40(26-31)39-23-19-28-10-2-4-12-34(28)44(39)45-41/h1-26H. The van der Waals surface area contributed by atoms with Crippen molar-refractivity contribution in [3.05, 3.63) is 158 Å². The summed E-state index contributed by atoms with van der Waals surface area (Å²) in [6.45, 7) is 0. The molecule has 0 aliphatic heterocycles. The van der Waals surface area contributed by atoms with Crippen LogP contribution in [0.15, 0.2) is 162 Å². The Morgan fingerprint density at radius 2 is 0.756 bits per heavy atom. The van der Waals surface area contributed by atoms with E-state index in [0.29, 0.717) is 0 Å². The fraction of sp³-hybridized carbons (Fsp3) is 0. The summed E-state index contributed by atoms with van der Waals surface area (Å²) >= 11 is 0. The van der Waals surface area contributed by atoms with E-state index in [0.717, 1.165) is 27.3 Å². The molecule has 0 bridgehead atoms. The molecule has 0 unspecified atom stereocenters. The molecule has 0 N–H and O–H groups in total. The van der Waals surface area contributed by atoms with Crippen molar-refractivity contribution < 1.29 is 4.42 Å². The molecular formula is C44H26O. The Bertz CT molecular complexity index is 2760. The number of benzene rings is 9. The third-order valence-electron chi connectivity index (χ3n) is 9.62. The lowest BCUT2D eigenvalue weighted by Gasteiger charge is -2.18. The van der Waals surface area contributed by atoms with Crippen molar-refractivity contribution in [2.45, 2.75) is 0 Å². The largest absolute Gasteiger partial charge is 0.455 e.